The number of carbonyl (C=O) groups is 2. The molecule has 0 aliphatic carbocycles. The number of rotatable bonds is 5. The van der Waals surface area contributed by atoms with E-state index in [0.29, 0.717) is 30.4 Å². The molecule has 0 saturated carbocycles. The minimum Gasteiger partial charge on any atom is -0.493 e. The molecule has 0 fully saturated rings. The summed E-state index contributed by atoms with van der Waals surface area (Å²) in [5.41, 5.74) is 0.309. The van der Waals surface area contributed by atoms with Gasteiger partial charge in [0.1, 0.15) is 0 Å². The van der Waals surface area contributed by atoms with Crippen LogP contribution < -0.4 is 9.47 Å². The molecule has 0 aliphatic heterocycles. The van der Waals surface area contributed by atoms with Crippen LogP contribution in [0.2, 0.25) is 0 Å². The summed E-state index contributed by atoms with van der Waals surface area (Å²) < 4.78 is 10.1. The highest BCUT2D eigenvalue weighted by atomic mass is 16.6. The van der Waals surface area contributed by atoms with Crippen LogP contribution in [-0.2, 0) is 4.79 Å². The summed E-state index contributed by atoms with van der Waals surface area (Å²) in [5.74, 6) is 0.211. The van der Waals surface area contributed by atoms with Crippen LogP contribution >= 0.6 is 0 Å². The Balaban J connectivity index is 2.99. The topological polar surface area (TPSA) is 52.6 Å². The van der Waals surface area contributed by atoms with Gasteiger partial charge in [-0.15, -0.1) is 0 Å². The molecule has 1 rings (SSSR count). The quantitative estimate of drug-likeness (QED) is 0.435. The first kappa shape index (κ1) is 12.2. The van der Waals surface area contributed by atoms with Crippen molar-refractivity contribution in [3.8, 4) is 11.5 Å². The molecule has 0 radical (unpaired) electrons. The Morgan fingerprint density at radius 1 is 1.44 bits per heavy atom. The summed E-state index contributed by atoms with van der Waals surface area (Å²) in [5, 5.41) is 0. The molecule has 0 aliphatic rings. The number of esters is 1. The molecule has 0 N–H and O–H groups in total. The van der Waals surface area contributed by atoms with Crippen LogP contribution in [0.1, 0.15) is 30.1 Å². The fourth-order valence-electron chi connectivity index (χ4n) is 1.26. The van der Waals surface area contributed by atoms with Crippen molar-refractivity contribution in [2.75, 3.05) is 7.11 Å². The lowest BCUT2D eigenvalue weighted by Gasteiger charge is -2.10. The molecule has 0 atom stereocenters. The van der Waals surface area contributed by atoms with Crippen LogP contribution in [0.3, 0.4) is 0 Å². The third kappa shape index (κ3) is 2.82. The lowest BCUT2D eigenvalue weighted by Crippen LogP contribution is -2.09. The maximum Gasteiger partial charge on any atom is 0.311 e. The van der Waals surface area contributed by atoms with Crippen molar-refractivity contribution in [3.05, 3.63) is 23.8 Å². The van der Waals surface area contributed by atoms with Crippen LogP contribution in [0.15, 0.2) is 18.2 Å². The van der Waals surface area contributed by atoms with Crippen LogP contribution in [0.25, 0.3) is 0 Å². The molecular weight excluding hydrogens is 208 g/mol. The average molecular weight is 222 g/mol. The van der Waals surface area contributed by atoms with Gasteiger partial charge in [0, 0.05) is 6.42 Å². The lowest BCUT2D eigenvalue weighted by atomic mass is 10.2. The van der Waals surface area contributed by atoms with Gasteiger partial charge in [0.2, 0.25) is 0 Å². The van der Waals surface area contributed by atoms with E-state index in [1.807, 2.05) is 6.92 Å². The van der Waals surface area contributed by atoms with Gasteiger partial charge < -0.3 is 9.47 Å². The maximum atomic E-state index is 11.4. The van der Waals surface area contributed by atoms with Gasteiger partial charge in [0.25, 0.3) is 0 Å². The molecule has 86 valence electrons. The van der Waals surface area contributed by atoms with E-state index in [4.69, 9.17) is 9.47 Å². The molecule has 1 aromatic rings. The predicted molar refractivity (Wildman–Crippen MR) is 58.9 cm³/mol. The van der Waals surface area contributed by atoms with Gasteiger partial charge >= 0.3 is 5.97 Å². The number of methoxy groups -OCH3 is 1. The Morgan fingerprint density at radius 2 is 2.19 bits per heavy atom. The minimum atomic E-state index is -0.366. The molecule has 0 aromatic heterocycles. The van der Waals surface area contributed by atoms with Gasteiger partial charge in [0.15, 0.2) is 17.8 Å². The third-order valence-corrected chi connectivity index (χ3v) is 2.03. The molecule has 0 saturated heterocycles. The van der Waals surface area contributed by atoms with Gasteiger partial charge in [-0.1, -0.05) is 13.0 Å². The third-order valence-electron chi connectivity index (χ3n) is 2.03. The zero-order valence-electron chi connectivity index (χ0n) is 9.36. The first-order valence-electron chi connectivity index (χ1n) is 5.05. The van der Waals surface area contributed by atoms with E-state index in [2.05, 4.69) is 0 Å². The number of ether oxygens (including phenoxy) is 2. The van der Waals surface area contributed by atoms with Gasteiger partial charge in [-0.3, -0.25) is 9.59 Å². The van der Waals surface area contributed by atoms with Crippen molar-refractivity contribution in [1.29, 1.82) is 0 Å². The number of para-hydroxylation sites is 1. The molecule has 0 unspecified atom stereocenters. The first-order chi connectivity index (χ1) is 7.72. The zero-order valence-corrected chi connectivity index (χ0v) is 9.36. The predicted octanol–water partition coefficient (Wildman–Crippen LogP) is 2.21. The Kier molecular flexibility index (Phi) is 4.51. The van der Waals surface area contributed by atoms with E-state index >= 15 is 0 Å². The molecule has 0 bridgehead atoms. The van der Waals surface area contributed by atoms with Crippen molar-refractivity contribution >= 4 is 12.3 Å². The largest absolute Gasteiger partial charge is 0.493 e. The van der Waals surface area contributed by atoms with Crippen LogP contribution in [0, 0.1) is 0 Å². The van der Waals surface area contributed by atoms with Crippen molar-refractivity contribution in [2.45, 2.75) is 19.8 Å². The number of hydrogen-bond donors (Lipinski definition) is 0. The van der Waals surface area contributed by atoms with Gasteiger partial charge in [-0.2, -0.15) is 0 Å². The smallest absolute Gasteiger partial charge is 0.311 e. The summed E-state index contributed by atoms with van der Waals surface area (Å²) in [6, 6.07) is 4.88. The van der Waals surface area contributed by atoms with E-state index in [9.17, 15) is 9.59 Å². The molecule has 4 heteroatoms. The van der Waals surface area contributed by atoms with Crippen molar-refractivity contribution < 1.29 is 19.1 Å². The summed E-state index contributed by atoms with van der Waals surface area (Å²) >= 11 is 0. The second-order valence-electron chi connectivity index (χ2n) is 3.22. The lowest BCUT2D eigenvalue weighted by molar-refractivity contribution is -0.134. The summed E-state index contributed by atoms with van der Waals surface area (Å²) in [6.07, 6.45) is 1.65. The molecule has 4 nitrogen and oxygen atoms in total. The molecule has 0 heterocycles. The maximum absolute atomic E-state index is 11.4. The van der Waals surface area contributed by atoms with Gasteiger partial charge in [-0.25, -0.2) is 0 Å². The van der Waals surface area contributed by atoms with E-state index in [1.54, 1.807) is 18.2 Å². The summed E-state index contributed by atoms with van der Waals surface area (Å²) in [4.78, 5) is 22.1. The summed E-state index contributed by atoms with van der Waals surface area (Å²) in [6.45, 7) is 1.88. The van der Waals surface area contributed by atoms with Crippen molar-refractivity contribution in [1.82, 2.24) is 0 Å². The highest BCUT2D eigenvalue weighted by Gasteiger charge is 2.13. The van der Waals surface area contributed by atoms with Crippen LogP contribution in [-0.4, -0.2) is 19.4 Å². The van der Waals surface area contributed by atoms with Crippen LogP contribution in [0.4, 0.5) is 0 Å². The Bertz CT molecular complexity index is 385. The zero-order chi connectivity index (χ0) is 12.0. The Hall–Kier alpha value is -1.84. The normalized spacial score (nSPS) is 9.62. The van der Waals surface area contributed by atoms with Gasteiger partial charge in [-0.05, 0) is 18.6 Å². The minimum absolute atomic E-state index is 0.193. The van der Waals surface area contributed by atoms with Crippen molar-refractivity contribution in [2.24, 2.45) is 0 Å². The molecule has 0 spiro atoms. The standard InChI is InChI=1S/C12H14O4/c1-3-5-11(14)16-12-9(8-13)6-4-7-10(12)15-2/h4,6-8H,3,5H2,1-2H3. The van der Waals surface area contributed by atoms with E-state index in [0.717, 1.165) is 0 Å². The number of carbonyl (C=O) groups excluding carboxylic acids is 2. The first-order valence-corrected chi connectivity index (χ1v) is 5.05. The van der Waals surface area contributed by atoms with Crippen molar-refractivity contribution in [3.63, 3.8) is 0 Å². The molecule has 16 heavy (non-hydrogen) atoms. The molecular formula is C12H14O4. The highest BCUT2D eigenvalue weighted by molar-refractivity contribution is 5.84. The second-order valence-corrected chi connectivity index (χ2v) is 3.22. The van der Waals surface area contributed by atoms with E-state index in [1.165, 1.54) is 7.11 Å². The molecule has 0 amide bonds. The number of benzene rings is 1. The monoisotopic (exact) mass is 222 g/mol. The average Bonchev–Trinajstić information content (AvgIpc) is 2.29. The summed E-state index contributed by atoms with van der Waals surface area (Å²) in [7, 11) is 1.46. The Morgan fingerprint density at radius 3 is 2.75 bits per heavy atom. The number of aldehydes is 1. The van der Waals surface area contributed by atoms with E-state index in [-0.39, 0.29) is 11.7 Å². The van der Waals surface area contributed by atoms with E-state index < -0.39 is 0 Å². The second kappa shape index (κ2) is 5.90. The fourth-order valence-corrected chi connectivity index (χ4v) is 1.26. The van der Waals surface area contributed by atoms with Crippen LogP contribution in [0.5, 0.6) is 11.5 Å². The Labute approximate surface area is 94.2 Å². The SMILES string of the molecule is CCCC(=O)Oc1c(C=O)cccc1OC. The highest BCUT2D eigenvalue weighted by Crippen LogP contribution is 2.30. The fraction of sp³-hybridized carbons (Fsp3) is 0.333. The van der Waals surface area contributed by atoms with Gasteiger partial charge in [0.05, 0.1) is 12.7 Å². The number of hydrogen-bond acceptors (Lipinski definition) is 4. The molecule has 1 aromatic carbocycles.